The standard InChI is InChI=1S/C19H19BrN2O5/c1-2-26-17-9-14(5-8-16(17)27-12-19(24)25)11-21-22-18(23)10-13-3-6-15(20)7-4-13/h3-9,11H,2,10,12H2,1H3,(H,22,23)(H,24,25)/b21-11+. The number of ether oxygens (including phenoxy) is 2. The Hall–Kier alpha value is -2.87. The Morgan fingerprint density at radius 1 is 1.15 bits per heavy atom. The lowest BCUT2D eigenvalue weighted by Gasteiger charge is -2.11. The van der Waals surface area contributed by atoms with Crippen molar-refractivity contribution in [2.75, 3.05) is 13.2 Å². The fraction of sp³-hybridized carbons (Fsp3) is 0.211. The van der Waals surface area contributed by atoms with Crippen molar-refractivity contribution in [2.24, 2.45) is 5.10 Å². The fourth-order valence-electron chi connectivity index (χ4n) is 2.14. The van der Waals surface area contributed by atoms with Gasteiger partial charge in [-0.2, -0.15) is 5.10 Å². The Morgan fingerprint density at radius 3 is 2.56 bits per heavy atom. The van der Waals surface area contributed by atoms with Gasteiger partial charge in [-0.1, -0.05) is 28.1 Å². The zero-order valence-corrected chi connectivity index (χ0v) is 16.2. The second-order valence-electron chi connectivity index (χ2n) is 5.42. The van der Waals surface area contributed by atoms with Gasteiger partial charge in [0.15, 0.2) is 18.1 Å². The SMILES string of the molecule is CCOc1cc(/C=N/NC(=O)Cc2ccc(Br)cc2)ccc1OCC(=O)O. The zero-order chi connectivity index (χ0) is 19.6. The van der Waals surface area contributed by atoms with Crippen molar-refractivity contribution >= 4 is 34.0 Å². The topological polar surface area (TPSA) is 97.2 Å². The highest BCUT2D eigenvalue weighted by Crippen LogP contribution is 2.28. The highest BCUT2D eigenvalue weighted by Gasteiger charge is 2.08. The molecule has 0 unspecified atom stereocenters. The lowest BCUT2D eigenvalue weighted by atomic mass is 10.1. The first-order valence-electron chi connectivity index (χ1n) is 8.15. The van der Waals surface area contributed by atoms with Crippen LogP contribution in [-0.4, -0.2) is 36.4 Å². The number of hydrogen-bond donors (Lipinski definition) is 2. The number of benzene rings is 2. The molecule has 7 nitrogen and oxygen atoms in total. The van der Waals surface area contributed by atoms with E-state index < -0.39 is 12.6 Å². The minimum absolute atomic E-state index is 0.219. The molecule has 142 valence electrons. The van der Waals surface area contributed by atoms with Crippen LogP contribution in [0, 0.1) is 0 Å². The summed E-state index contributed by atoms with van der Waals surface area (Å²) in [5.74, 6) is -0.573. The van der Waals surface area contributed by atoms with Crippen LogP contribution < -0.4 is 14.9 Å². The number of aliphatic carboxylic acids is 1. The third-order valence-corrected chi connectivity index (χ3v) is 3.83. The maximum Gasteiger partial charge on any atom is 0.341 e. The van der Waals surface area contributed by atoms with Crippen molar-refractivity contribution in [3.05, 3.63) is 58.1 Å². The first-order valence-corrected chi connectivity index (χ1v) is 8.95. The van der Waals surface area contributed by atoms with Crippen LogP contribution in [0.3, 0.4) is 0 Å². The van der Waals surface area contributed by atoms with Gasteiger partial charge in [-0.15, -0.1) is 0 Å². The van der Waals surface area contributed by atoms with Gasteiger partial charge in [-0.25, -0.2) is 10.2 Å². The third-order valence-electron chi connectivity index (χ3n) is 3.30. The number of carbonyl (C=O) groups is 2. The molecule has 0 bridgehead atoms. The molecule has 0 radical (unpaired) electrons. The zero-order valence-electron chi connectivity index (χ0n) is 14.6. The van der Waals surface area contributed by atoms with Gasteiger partial charge in [-0.3, -0.25) is 4.79 Å². The summed E-state index contributed by atoms with van der Waals surface area (Å²) in [5, 5.41) is 12.6. The molecule has 2 N–H and O–H groups in total. The molecule has 2 rings (SSSR count). The smallest absolute Gasteiger partial charge is 0.341 e. The monoisotopic (exact) mass is 434 g/mol. The molecule has 0 heterocycles. The number of rotatable bonds is 9. The highest BCUT2D eigenvalue weighted by atomic mass is 79.9. The van der Waals surface area contributed by atoms with E-state index in [1.807, 2.05) is 31.2 Å². The number of hydrogen-bond acceptors (Lipinski definition) is 5. The number of hydrazone groups is 1. The Labute approximate surface area is 165 Å². The molecule has 1 amide bonds. The Kier molecular flexibility index (Phi) is 7.81. The summed E-state index contributed by atoms with van der Waals surface area (Å²) >= 11 is 3.35. The molecule has 2 aromatic carbocycles. The molecular formula is C19H19BrN2O5. The van der Waals surface area contributed by atoms with E-state index in [0.29, 0.717) is 23.7 Å². The van der Waals surface area contributed by atoms with Gasteiger partial charge in [0.05, 0.1) is 19.2 Å². The largest absolute Gasteiger partial charge is 0.490 e. The Bertz CT molecular complexity index is 821. The maximum atomic E-state index is 11.9. The van der Waals surface area contributed by atoms with Crippen LogP contribution in [0.15, 0.2) is 52.0 Å². The number of amides is 1. The molecule has 0 fully saturated rings. The lowest BCUT2D eigenvalue weighted by molar-refractivity contribution is -0.139. The van der Waals surface area contributed by atoms with Crippen molar-refractivity contribution in [1.29, 1.82) is 0 Å². The summed E-state index contributed by atoms with van der Waals surface area (Å²) in [6.45, 7) is 1.75. The molecule has 0 saturated heterocycles. The van der Waals surface area contributed by atoms with Crippen molar-refractivity contribution in [3.8, 4) is 11.5 Å². The van der Waals surface area contributed by atoms with E-state index in [9.17, 15) is 9.59 Å². The van der Waals surface area contributed by atoms with E-state index in [1.165, 1.54) is 6.21 Å². The Morgan fingerprint density at radius 2 is 1.89 bits per heavy atom. The molecule has 27 heavy (non-hydrogen) atoms. The van der Waals surface area contributed by atoms with Crippen molar-refractivity contribution in [1.82, 2.24) is 5.43 Å². The summed E-state index contributed by atoms with van der Waals surface area (Å²) < 4.78 is 11.6. The van der Waals surface area contributed by atoms with Gasteiger partial charge < -0.3 is 14.6 Å². The molecule has 8 heteroatoms. The van der Waals surface area contributed by atoms with Gasteiger partial charge in [0.2, 0.25) is 5.91 Å². The molecule has 0 aliphatic rings. The lowest BCUT2D eigenvalue weighted by Crippen LogP contribution is -2.19. The van der Waals surface area contributed by atoms with Crippen LogP contribution >= 0.6 is 15.9 Å². The molecule has 0 saturated carbocycles. The summed E-state index contributed by atoms with van der Waals surface area (Å²) in [7, 11) is 0. The van der Waals surface area contributed by atoms with Gasteiger partial charge in [0, 0.05) is 4.47 Å². The van der Waals surface area contributed by atoms with Crippen LogP contribution in [-0.2, 0) is 16.0 Å². The molecule has 0 spiro atoms. The first-order chi connectivity index (χ1) is 13.0. The minimum atomic E-state index is -1.07. The average molecular weight is 435 g/mol. The van der Waals surface area contributed by atoms with Gasteiger partial charge in [0.1, 0.15) is 0 Å². The molecule has 0 atom stereocenters. The second kappa shape index (κ2) is 10.3. The summed E-state index contributed by atoms with van der Waals surface area (Å²) in [6.07, 6.45) is 1.69. The quantitative estimate of drug-likeness (QED) is 0.466. The summed E-state index contributed by atoms with van der Waals surface area (Å²) in [4.78, 5) is 22.6. The Balaban J connectivity index is 1.96. The third kappa shape index (κ3) is 7.10. The maximum absolute atomic E-state index is 11.9. The van der Waals surface area contributed by atoms with E-state index >= 15 is 0 Å². The number of nitrogens with one attached hydrogen (secondary N) is 1. The van der Waals surface area contributed by atoms with E-state index in [-0.39, 0.29) is 12.3 Å². The molecule has 0 aliphatic heterocycles. The fourth-order valence-corrected chi connectivity index (χ4v) is 2.40. The van der Waals surface area contributed by atoms with Crippen LogP contribution in [0.2, 0.25) is 0 Å². The van der Waals surface area contributed by atoms with Crippen LogP contribution in [0.4, 0.5) is 0 Å². The molecular weight excluding hydrogens is 416 g/mol. The van der Waals surface area contributed by atoms with E-state index in [1.54, 1.807) is 18.2 Å². The van der Waals surface area contributed by atoms with Crippen LogP contribution in [0.25, 0.3) is 0 Å². The molecule has 2 aromatic rings. The van der Waals surface area contributed by atoms with Crippen LogP contribution in [0.5, 0.6) is 11.5 Å². The number of carbonyl (C=O) groups excluding carboxylic acids is 1. The minimum Gasteiger partial charge on any atom is -0.490 e. The average Bonchev–Trinajstić information content (AvgIpc) is 2.63. The van der Waals surface area contributed by atoms with Crippen molar-refractivity contribution < 1.29 is 24.2 Å². The van der Waals surface area contributed by atoms with Gasteiger partial charge in [-0.05, 0) is 48.4 Å². The summed E-state index contributed by atoms with van der Waals surface area (Å²) in [6, 6.07) is 12.4. The number of carboxylic acids is 1. The predicted molar refractivity (Wildman–Crippen MR) is 104 cm³/mol. The summed E-state index contributed by atoms with van der Waals surface area (Å²) in [5.41, 5.74) is 4.02. The first kappa shape index (κ1) is 20.4. The van der Waals surface area contributed by atoms with Crippen molar-refractivity contribution in [2.45, 2.75) is 13.3 Å². The van der Waals surface area contributed by atoms with Gasteiger partial charge >= 0.3 is 5.97 Å². The van der Waals surface area contributed by atoms with E-state index in [2.05, 4.69) is 26.5 Å². The number of halogens is 1. The normalized spacial score (nSPS) is 10.6. The number of nitrogens with zero attached hydrogens (tertiary/aromatic N) is 1. The highest BCUT2D eigenvalue weighted by molar-refractivity contribution is 9.10. The molecule has 0 aromatic heterocycles. The molecule has 0 aliphatic carbocycles. The van der Waals surface area contributed by atoms with E-state index in [4.69, 9.17) is 14.6 Å². The van der Waals surface area contributed by atoms with E-state index in [0.717, 1.165) is 10.0 Å². The van der Waals surface area contributed by atoms with Gasteiger partial charge in [0.25, 0.3) is 0 Å². The predicted octanol–water partition coefficient (Wildman–Crippen LogP) is 3.00. The van der Waals surface area contributed by atoms with Crippen LogP contribution in [0.1, 0.15) is 18.1 Å². The second-order valence-corrected chi connectivity index (χ2v) is 6.33. The van der Waals surface area contributed by atoms with Crippen molar-refractivity contribution in [3.63, 3.8) is 0 Å². The number of carboxylic acid groups (broad SMARTS) is 1.